The zero-order valence-electron chi connectivity index (χ0n) is 7.99. The quantitative estimate of drug-likeness (QED) is 0.780. The highest BCUT2D eigenvalue weighted by atomic mass is 35.5. The minimum Gasteiger partial charge on any atom is -0.368 e. The molecular weight excluding hydrogens is 198 g/mol. The van der Waals surface area contributed by atoms with Crippen LogP contribution in [0.2, 0.25) is 0 Å². The predicted octanol–water partition coefficient (Wildman–Crippen LogP) is 2.30. The molecule has 1 aromatic heterocycles. The fourth-order valence-corrected chi connectivity index (χ4v) is 2.22. The molecular formula is C10H14ClN3. The molecule has 0 aromatic carbocycles. The van der Waals surface area contributed by atoms with E-state index in [-0.39, 0.29) is 0 Å². The Morgan fingerprint density at radius 3 is 3.07 bits per heavy atom. The average Bonchev–Trinajstić information content (AvgIpc) is 2.63. The highest BCUT2D eigenvalue weighted by Crippen LogP contribution is 2.29. The Bertz CT molecular complexity index is 278. The summed E-state index contributed by atoms with van der Waals surface area (Å²) >= 11 is 6.03. The van der Waals surface area contributed by atoms with Crippen molar-refractivity contribution in [1.82, 2.24) is 10.2 Å². The van der Waals surface area contributed by atoms with Crippen molar-refractivity contribution >= 4 is 17.4 Å². The van der Waals surface area contributed by atoms with Gasteiger partial charge in [-0.1, -0.05) is 0 Å². The van der Waals surface area contributed by atoms with Crippen LogP contribution < -0.4 is 5.32 Å². The summed E-state index contributed by atoms with van der Waals surface area (Å²) in [6, 6.07) is 3.81. The molecule has 2 atom stereocenters. The second kappa shape index (κ2) is 4.60. The van der Waals surface area contributed by atoms with E-state index in [4.69, 9.17) is 11.6 Å². The van der Waals surface area contributed by atoms with Gasteiger partial charge in [0.25, 0.3) is 0 Å². The number of hydrogen-bond acceptors (Lipinski definition) is 3. The Hall–Kier alpha value is -0.830. The van der Waals surface area contributed by atoms with E-state index < -0.39 is 0 Å². The first-order valence-corrected chi connectivity index (χ1v) is 5.44. The largest absolute Gasteiger partial charge is 0.368 e. The summed E-state index contributed by atoms with van der Waals surface area (Å²) in [7, 11) is 0. The van der Waals surface area contributed by atoms with Crippen molar-refractivity contribution in [2.45, 2.75) is 24.6 Å². The number of alkyl halides is 1. The third kappa shape index (κ3) is 2.58. The SMILES string of the molecule is ClC1CCC(CNc2cccnn2)C1. The van der Waals surface area contributed by atoms with Crippen LogP contribution in [0.1, 0.15) is 19.3 Å². The molecule has 1 fully saturated rings. The molecule has 1 aliphatic carbocycles. The lowest BCUT2D eigenvalue weighted by Gasteiger charge is -2.10. The van der Waals surface area contributed by atoms with Gasteiger partial charge in [-0.25, -0.2) is 0 Å². The highest BCUT2D eigenvalue weighted by Gasteiger charge is 2.22. The fraction of sp³-hybridized carbons (Fsp3) is 0.600. The second-order valence-electron chi connectivity index (χ2n) is 3.77. The van der Waals surface area contributed by atoms with Gasteiger partial charge in [0.2, 0.25) is 0 Å². The second-order valence-corrected chi connectivity index (χ2v) is 4.38. The number of halogens is 1. The minimum atomic E-state index is 0.378. The molecule has 3 nitrogen and oxygen atoms in total. The molecule has 14 heavy (non-hydrogen) atoms. The first-order valence-electron chi connectivity index (χ1n) is 5.00. The Morgan fingerprint density at radius 2 is 2.43 bits per heavy atom. The first-order chi connectivity index (χ1) is 6.84. The number of nitrogens with zero attached hydrogens (tertiary/aromatic N) is 2. The predicted molar refractivity (Wildman–Crippen MR) is 57.5 cm³/mol. The molecule has 1 saturated carbocycles. The summed E-state index contributed by atoms with van der Waals surface area (Å²) in [6.07, 6.45) is 5.17. The molecule has 0 aliphatic heterocycles. The molecule has 0 spiro atoms. The van der Waals surface area contributed by atoms with Gasteiger partial charge in [-0.05, 0) is 37.3 Å². The maximum absolute atomic E-state index is 6.03. The summed E-state index contributed by atoms with van der Waals surface area (Å²) in [5.74, 6) is 1.55. The molecule has 76 valence electrons. The zero-order chi connectivity index (χ0) is 9.80. The van der Waals surface area contributed by atoms with E-state index in [2.05, 4.69) is 15.5 Å². The van der Waals surface area contributed by atoms with Crippen LogP contribution in [-0.4, -0.2) is 22.1 Å². The number of hydrogen-bond donors (Lipinski definition) is 1. The van der Waals surface area contributed by atoms with Crippen LogP contribution in [0.5, 0.6) is 0 Å². The van der Waals surface area contributed by atoms with E-state index in [0.29, 0.717) is 11.3 Å². The number of aromatic nitrogens is 2. The lowest BCUT2D eigenvalue weighted by molar-refractivity contribution is 0.579. The minimum absolute atomic E-state index is 0.378. The Balaban J connectivity index is 1.78. The van der Waals surface area contributed by atoms with Gasteiger partial charge in [0, 0.05) is 18.1 Å². The Morgan fingerprint density at radius 1 is 1.50 bits per heavy atom. The van der Waals surface area contributed by atoms with E-state index in [9.17, 15) is 0 Å². The molecule has 2 rings (SSSR count). The highest BCUT2D eigenvalue weighted by molar-refractivity contribution is 6.20. The van der Waals surface area contributed by atoms with Crippen molar-refractivity contribution < 1.29 is 0 Å². The van der Waals surface area contributed by atoms with Crippen LogP contribution in [0.15, 0.2) is 18.3 Å². The molecule has 4 heteroatoms. The van der Waals surface area contributed by atoms with Crippen LogP contribution in [0.25, 0.3) is 0 Å². The Kier molecular flexibility index (Phi) is 3.19. The third-order valence-electron chi connectivity index (χ3n) is 2.62. The molecule has 1 aromatic rings. The standard InChI is InChI=1S/C10H14ClN3/c11-9-4-3-8(6-9)7-12-10-2-1-5-13-14-10/h1-2,5,8-9H,3-4,6-7H2,(H,12,14). The van der Waals surface area contributed by atoms with E-state index >= 15 is 0 Å². The van der Waals surface area contributed by atoms with Crippen LogP contribution in [-0.2, 0) is 0 Å². The van der Waals surface area contributed by atoms with Crippen LogP contribution in [0.4, 0.5) is 5.82 Å². The lowest BCUT2D eigenvalue weighted by Crippen LogP contribution is -2.12. The summed E-state index contributed by atoms with van der Waals surface area (Å²) in [5, 5.41) is 11.4. The van der Waals surface area contributed by atoms with Gasteiger partial charge in [-0.2, -0.15) is 5.10 Å². The topological polar surface area (TPSA) is 37.8 Å². The van der Waals surface area contributed by atoms with Crippen molar-refractivity contribution in [3.8, 4) is 0 Å². The van der Waals surface area contributed by atoms with Gasteiger partial charge in [0.1, 0.15) is 5.82 Å². The molecule has 0 bridgehead atoms. The molecule has 0 amide bonds. The average molecular weight is 212 g/mol. The van der Waals surface area contributed by atoms with Gasteiger partial charge in [0.15, 0.2) is 0 Å². The summed E-state index contributed by atoms with van der Waals surface area (Å²) in [6.45, 7) is 0.960. The summed E-state index contributed by atoms with van der Waals surface area (Å²) in [5.41, 5.74) is 0. The van der Waals surface area contributed by atoms with Crippen molar-refractivity contribution in [2.24, 2.45) is 5.92 Å². The van der Waals surface area contributed by atoms with Gasteiger partial charge >= 0.3 is 0 Å². The third-order valence-corrected chi connectivity index (χ3v) is 3.02. The van der Waals surface area contributed by atoms with Gasteiger partial charge < -0.3 is 5.32 Å². The van der Waals surface area contributed by atoms with E-state index in [1.165, 1.54) is 6.42 Å². The van der Waals surface area contributed by atoms with Gasteiger partial charge in [0.05, 0.1) is 0 Å². The fourth-order valence-electron chi connectivity index (χ4n) is 1.84. The smallest absolute Gasteiger partial charge is 0.148 e. The van der Waals surface area contributed by atoms with E-state index in [1.54, 1.807) is 6.20 Å². The zero-order valence-corrected chi connectivity index (χ0v) is 8.74. The van der Waals surface area contributed by atoms with Crippen LogP contribution >= 0.6 is 11.6 Å². The van der Waals surface area contributed by atoms with E-state index in [1.807, 2.05) is 12.1 Å². The van der Waals surface area contributed by atoms with Crippen LogP contribution in [0, 0.1) is 5.92 Å². The molecule has 2 unspecified atom stereocenters. The van der Waals surface area contributed by atoms with E-state index in [0.717, 1.165) is 25.2 Å². The van der Waals surface area contributed by atoms with Crippen molar-refractivity contribution in [3.63, 3.8) is 0 Å². The van der Waals surface area contributed by atoms with Gasteiger partial charge in [-0.3, -0.25) is 0 Å². The molecule has 0 saturated heterocycles. The first kappa shape index (κ1) is 9.71. The Labute approximate surface area is 88.9 Å². The molecule has 1 N–H and O–H groups in total. The summed E-state index contributed by atoms with van der Waals surface area (Å²) in [4.78, 5) is 0. The maximum Gasteiger partial charge on any atom is 0.148 e. The molecule has 1 aliphatic rings. The van der Waals surface area contributed by atoms with Crippen molar-refractivity contribution in [2.75, 3.05) is 11.9 Å². The monoisotopic (exact) mass is 211 g/mol. The maximum atomic E-state index is 6.03. The summed E-state index contributed by atoms with van der Waals surface area (Å²) < 4.78 is 0. The van der Waals surface area contributed by atoms with Gasteiger partial charge in [-0.15, -0.1) is 16.7 Å². The van der Waals surface area contributed by atoms with Crippen molar-refractivity contribution in [3.05, 3.63) is 18.3 Å². The number of anilines is 1. The number of nitrogens with one attached hydrogen (secondary N) is 1. The van der Waals surface area contributed by atoms with Crippen LogP contribution in [0.3, 0.4) is 0 Å². The van der Waals surface area contributed by atoms with Crippen molar-refractivity contribution in [1.29, 1.82) is 0 Å². The molecule has 1 heterocycles. The normalized spacial score (nSPS) is 26.4. The molecule has 0 radical (unpaired) electrons. The lowest BCUT2D eigenvalue weighted by atomic mass is 10.1. The number of rotatable bonds is 3.